The van der Waals surface area contributed by atoms with Crippen LogP contribution in [0.15, 0.2) is 199 Å². The first-order valence-electron chi connectivity index (χ1n) is 20.0. The van der Waals surface area contributed by atoms with Crippen LogP contribution in [0.2, 0.25) is 0 Å². The first-order valence-corrected chi connectivity index (χ1v) is 20.0. The SMILES string of the molecule is c1ccc(-c2ccc3c4ccccc4n(-c4ccc5c(c4)c4ccccc4n5-c4nc(-c5ccc6c(ccc7oc8ccccc8c76)c5)c5ccccc5n4)c3c2)cc1. The minimum atomic E-state index is 0.637. The summed E-state index contributed by atoms with van der Waals surface area (Å²) in [7, 11) is 0. The fourth-order valence-corrected chi connectivity index (χ4v) is 9.46. The highest BCUT2D eigenvalue weighted by atomic mass is 16.3. The Hall–Kier alpha value is -8.02. The summed E-state index contributed by atoms with van der Waals surface area (Å²) in [5.74, 6) is 0.637. The van der Waals surface area contributed by atoms with E-state index in [0.29, 0.717) is 5.95 Å². The molecule has 0 aliphatic heterocycles. The lowest BCUT2D eigenvalue weighted by atomic mass is 9.99. The number of rotatable bonds is 4. The van der Waals surface area contributed by atoms with Crippen molar-refractivity contribution in [3.05, 3.63) is 194 Å². The maximum Gasteiger partial charge on any atom is 0.235 e. The van der Waals surface area contributed by atoms with Crippen LogP contribution in [-0.2, 0) is 0 Å². The molecule has 0 atom stereocenters. The quantitative estimate of drug-likeness (QED) is 0.180. The van der Waals surface area contributed by atoms with Crippen molar-refractivity contribution >= 4 is 87.2 Å². The summed E-state index contributed by atoms with van der Waals surface area (Å²) < 4.78 is 10.9. The van der Waals surface area contributed by atoms with Crippen molar-refractivity contribution in [2.75, 3.05) is 0 Å². The van der Waals surface area contributed by atoms with E-state index in [1.165, 1.54) is 32.9 Å². The summed E-state index contributed by atoms with van der Waals surface area (Å²) in [5.41, 5.74) is 12.6. The van der Waals surface area contributed by atoms with Crippen molar-refractivity contribution < 1.29 is 4.42 Å². The molecule has 13 aromatic rings. The third kappa shape index (κ3) is 4.73. The number of aromatic nitrogens is 4. The van der Waals surface area contributed by atoms with E-state index in [0.717, 1.165) is 82.4 Å². The molecule has 0 spiro atoms. The molecule has 0 aliphatic carbocycles. The number of hydrogen-bond donors (Lipinski definition) is 0. The molecule has 274 valence electrons. The van der Waals surface area contributed by atoms with E-state index in [4.69, 9.17) is 14.4 Å². The van der Waals surface area contributed by atoms with Crippen molar-refractivity contribution in [1.82, 2.24) is 19.1 Å². The summed E-state index contributed by atoms with van der Waals surface area (Å²) in [6.07, 6.45) is 0. The van der Waals surface area contributed by atoms with E-state index in [1.807, 2.05) is 12.1 Å². The Bertz CT molecular complexity index is 3850. The molecule has 0 aliphatic rings. The highest BCUT2D eigenvalue weighted by molar-refractivity contribution is 6.19. The number of fused-ring (bicyclic) bond motifs is 12. The van der Waals surface area contributed by atoms with Gasteiger partial charge < -0.3 is 8.98 Å². The fourth-order valence-electron chi connectivity index (χ4n) is 9.46. The van der Waals surface area contributed by atoms with Gasteiger partial charge in [0.05, 0.1) is 33.3 Å². The Morgan fingerprint density at radius 3 is 1.88 bits per heavy atom. The number of para-hydroxylation sites is 4. The van der Waals surface area contributed by atoms with Crippen molar-refractivity contribution in [2.45, 2.75) is 0 Å². The summed E-state index contributed by atoms with van der Waals surface area (Å²) in [5, 5.41) is 10.3. The molecule has 59 heavy (non-hydrogen) atoms. The lowest BCUT2D eigenvalue weighted by Crippen LogP contribution is -2.03. The number of nitrogens with zero attached hydrogens (tertiary/aromatic N) is 4. The van der Waals surface area contributed by atoms with Gasteiger partial charge in [-0.1, -0.05) is 133 Å². The maximum atomic E-state index is 6.22. The molecule has 0 radical (unpaired) electrons. The van der Waals surface area contributed by atoms with Gasteiger partial charge in [-0.15, -0.1) is 0 Å². The Kier molecular flexibility index (Phi) is 6.66. The lowest BCUT2D eigenvalue weighted by molar-refractivity contribution is 0.669. The van der Waals surface area contributed by atoms with Crippen molar-refractivity contribution in [1.29, 1.82) is 0 Å². The van der Waals surface area contributed by atoms with Gasteiger partial charge in [-0.3, -0.25) is 4.57 Å². The van der Waals surface area contributed by atoms with Gasteiger partial charge in [0.1, 0.15) is 11.2 Å². The van der Waals surface area contributed by atoms with Crippen LogP contribution >= 0.6 is 0 Å². The van der Waals surface area contributed by atoms with Crippen LogP contribution in [0.3, 0.4) is 0 Å². The van der Waals surface area contributed by atoms with Crippen LogP contribution in [0.1, 0.15) is 0 Å². The third-order valence-corrected chi connectivity index (χ3v) is 12.1. The third-order valence-electron chi connectivity index (χ3n) is 12.1. The van der Waals surface area contributed by atoms with Crippen molar-refractivity contribution in [3.8, 4) is 34.0 Å². The largest absolute Gasteiger partial charge is 0.456 e. The van der Waals surface area contributed by atoms with Crippen LogP contribution in [0, 0.1) is 0 Å². The maximum absolute atomic E-state index is 6.22. The summed E-state index contributed by atoms with van der Waals surface area (Å²) in [6, 6.07) is 69.1. The van der Waals surface area contributed by atoms with Crippen molar-refractivity contribution in [2.24, 2.45) is 0 Å². The Morgan fingerprint density at radius 2 is 1.02 bits per heavy atom. The van der Waals surface area contributed by atoms with E-state index in [-0.39, 0.29) is 0 Å². The van der Waals surface area contributed by atoms with Gasteiger partial charge in [-0.25, -0.2) is 9.97 Å². The molecule has 0 N–H and O–H groups in total. The van der Waals surface area contributed by atoms with Gasteiger partial charge in [0.2, 0.25) is 5.95 Å². The van der Waals surface area contributed by atoms with E-state index in [2.05, 4.69) is 191 Å². The topological polar surface area (TPSA) is 48.8 Å². The second-order valence-corrected chi connectivity index (χ2v) is 15.4. The van der Waals surface area contributed by atoms with Crippen molar-refractivity contribution in [3.63, 3.8) is 0 Å². The minimum Gasteiger partial charge on any atom is -0.456 e. The Labute approximate surface area is 337 Å². The van der Waals surface area contributed by atoms with Gasteiger partial charge in [-0.05, 0) is 82.6 Å². The fraction of sp³-hybridized carbons (Fsp3) is 0. The molecule has 0 bridgehead atoms. The first kappa shape index (κ1) is 32.1. The molecule has 0 unspecified atom stereocenters. The van der Waals surface area contributed by atoms with Crippen LogP contribution in [-0.4, -0.2) is 19.1 Å². The zero-order chi connectivity index (χ0) is 38.6. The highest BCUT2D eigenvalue weighted by Gasteiger charge is 2.20. The van der Waals surface area contributed by atoms with Gasteiger partial charge in [0.15, 0.2) is 0 Å². The Morgan fingerprint density at radius 1 is 0.356 bits per heavy atom. The zero-order valence-electron chi connectivity index (χ0n) is 31.7. The van der Waals surface area contributed by atoms with Crippen LogP contribution < -0.4 is 0 Å². The summed E-state index contributed by atoms with van der Waals surface area (Å²) in [4.78, 5) is 10.7. The van der Waals surface area contributed by atoms with E-state index >= 15 is 0 Å². The van der Waals surface area contributed by atoms with Gasteiger partial charge in [0, 0.05) is 49.0 Å². The predicted molar refractivity (Wildman–Crippen MR) is 244 cm³/mol. The average Bonchev–Trinajstić information content (AvgIpc) is 3.96. The number of benzene rings is 9. The Balaban J connectivity index is 1.02. The van der Waals surface area contributed by atoms with Gasteiger partial charge >= 0.3 is 0 Å². The van der Waals surface area contributed by atoms with E-state index in [1.54, 1.807) is 0 Å². The molecular formula is C54H32N4O. The molecule has 0 amide bonds. The predicted octanol–water partition coefficient (Wildman–Crippen LogP) is 14.2. The minimum absolute atomic E-state index is 0.637. The molecule has 5 heteroatoms. The lowest BCUT2D eigenvalue weighted by Gasteiger charge is -2.13. The van der Waals surface area contributed by atoms with Gasteiger partial charge in [0.25, 0.3) is 0 Å². The monoisotopic (exact) mass is 752 g/mol. The summed E-state index contributed by atoms with van der Waals surface area (Å²) >= 11 is 0. The van der Waals surface area contributed by atoms with Crippen LogP contribution in [0.5, 0.6) is 0 Å². The zero-order valence-corrected chi connectivity index (χ0v) is 31.7. The standard InChI is InChI=1S/C54H32N4O/c1-2-12-33(13-3-1)34-22-27-41-39-14-5-9-19-46(39)57(49(41)31-34)37-25-28-48-44(32-37)40-15-6-10-20-47(40)58(48)54-55-45-18-8-4-16-42(45)53(56-54)36-23-26-38-35(30-36)24-29-51-52(38)43-17-7-11-21-50(43)59-51/h1-32H. The molecule has 0 fully saturated rings. The van der Waals surface area contributed by atoms with E-state index < -0.39 is 0 Å². The normalized spacial score (nSPS) is 12.1. The van der Waals surface area contributed by atoms with Gasteiger partial charge in [-0.2, -0.15) is 0 Å². The molecule has 13 rings (SSSR count). The number of hydrogen-bond acceptors (Lipinski definition) is 3. The second kappa shape index (κ2) is 12.2. The van der Waals surface area contributed by atoms with Crippen LogP contribution in [0.4, 0.5) is 0 Å². The molecule has 9 aromatic carbocycles. The molecule has 4 heterocycles. The highest BCUT2D eigenvalue weighted by Crippen LogP contribution is 2.40. The smallest absolute Gasteiger partial charge is 0.235 e. The molecular weight excluding hydrogens is 721 g/mol. The van der Waals surface area contributed by atoms with E-state index in [9.17, 15) is 0 Å². The summed E-state index contributed by atoms with van der Waals surface area (Å²) in [6.45, 7) is 0. The molecule has 0 saturated heterocycles. The first-order chi connectivity index (χ1) is 29.2. The molecule has 0 saturated carbocycles. The molecule has 5 nitrogen and oxygen atoms in total. The average molecular weight is 753 g/mol. The molecule has 4 aromatic heterocycles. The second-order valence-electron chi connectivity index (χ2n) is 15.4. The number of furan rings is 1. The van der Waals surface area contributed by atoms with Crippen LogP contribution in [0.25, 0.3) is 121 Å².